The van der Waals surface area contributed by atoms with Gasteiger partial charge in [0.05, 0.1) is 0 Å². The van der Waals surface area contributed by atoms with Gasteiger partial charge in [0.25, 0.3) is 0 Å². The zero-order valence-electron chi connectivity index (χ0n) is 12.3. The van der Waals surface area contributed by atoms with Gasteiger partial charge in [0.1, 0.15) is 0 Å². The third-order valence-corrected chi connectivity index (χ3v) is 5.46. The largest absolute Gasteiger partial charge is 0.314 e. The van der Waals surface area contributed by atoms with Crippen LogP contribution in [0.25, 0.3) is 0 Å². The summed E-state index contributed by atoms with van der Waals surface area (Å²) < 4.78 is 1.21. The summed E-state index contributed by atoms with van der Waals surface area (Å²) in [6.07, 6.45) is 3.99. The molecule has 1 atom stereocenters. The van der Waals surface area contributed by atoms with E-state index in [0.717, 1.165) is 17.9 Å². The van der Waals surface area contributed by atoms with Crippen LogP contribution in [0.3, 0.4) is 0 Å². The summed E-state index contributed by atoms with van der Waals surface area (Å²) in [5, 5.41) is 3.78. The SMILES string of the molecule is CCN1CCC(CNC2CC(c3cccc(Br)c3)C2)C1. The van der Waals surface area contributed by atoms with Crippen LogP contribution in [0.1, 0.15) is 37.7 Å². The van der Waals surface area contributed by atoms with Crippen LogP contribution in [0.4, 0.5) is 0 Å². The topological polar surface area (TPSA) is 15.3 Å². The molecule has 1 saturated carbocycles. The Labute approximate surface area is 131 Å². The maximum absolute atomic E-state index is 3.78. The molecular weight excluding hydrogens is 312 g/mol. The van der Waals surface area contributed by atoms with Crippen molar-refractivity contribution < 1.29 is 0 Å². The van der Waals surface area contributed by atoms with Gasteiger partial charge in [0.15, 0.2) is 0 Å². The number of likely N-dealkylation sites (tertiary alicyclic amines) is 1. The number of nitrogens with one attached hydrogen (secondary N) is 1. The molecule has 0 amide bonds. The second kappa shape index (κ2) is 6.59. The van der Waals surface area contributed by atoms with E-state index >= 15 is 0 Å². The molecule has 1 aromatic carbocycles. The standard InChI is InChI=1S/C17H25BrN2/c1-2-20-7-6-13(12-20)11-19-17-9-15(10-17)14-4-3-5-16(18)8-14/h3-5,8,13,15,17,19H,2,6-7,9-12H2,1H3. The fourth-order valence-corrected chi connectivity index (χ4v) is 3.93. The van der Waals surface area contributed by atoms with Gasteiger partial charge < -0.3 is 10.2 Å². The van der Waals surface area contributed by atoms with Crippen LogP contribution >= 0.6 is 15.9 Å². The molecule has 2 aliphatic rings. The lowest BCUT2D eigenvalue weighted by Crippen LogP contribution is -2.42. The summed E-state index contributed by atoms with van der Waals surface area (Å²) in [6, 6.07) is 9.54. The minimum absolute atomic E-state index is 0.745. The van der Waals surface area contributed by atoms with E-state index in [1.807, 2.05) is 0 Å². The minimum Gasteiger partial charge on any atom is -0.314 e. The number of rotatable bonds is 5. The zero-order valence-corrected chi connectivity index (χ0v) is 13.9. The van der Waals surface area contributed by atoms with Crippen molar-refractivity contribution >= 4 is 15.9 Å². The number of benzene rings is 1. The molecule has 1 aromatic rings. The Bertz CT molecular complexity index is 442. The fourth-order valence-electron chi connectivity index (χ4n) is 3.52. The van der Waals surface area contributed by atoms with Crippen LogP contribution in [0, 0.1) is 5.92 Å². The van der Waals surface area contributed by atoms with Crippen molar-refractivity contribution in [2.45, 2.75) is 38.1 Å². The van der Waals surface area contributed by atoms with Crippen molar-refractivity contribution in [2.24, 2.45) is 5.92 Å². The maximum atomic E-state index is 3.78. The third-order valence-electron chi connectivity index (χ3n) is 4.97. The molecule has 2 nitrogen and oxygen atoms in total. The van der Waals surface area contributed by atoms with Crippen LogP contribution < -0.4 is 5.32 Å². The lowest BCUT2D eigenvalue weighted by Gasteiger charge is -2.37. The Kier molecular flexibility index (Phi) is 4.79. The highest BCUT2D eigenvalue weighted by atomic mass is 79.9. The Morgan fingerprint density at radius 3 is 2.90 bits per heavy atom. The average Bonchev–Trinajstić information content (AvgIpc) is 2.85. The zero-order chi connectivity index (χ0) is 13.9. The highest BCUT2D eigenvalue weighted by Gasteiger charge is 2.31. The summed E-state index contributed by atoms with van der Waals surface area (Å²) in [7, 11) is 0. The molecule has 3 heteroatoms. The van der Waals surface area contributed by atoms with E-state index in [0.29, 0.717) is 0 Å². The molecular formula is C17H25BrN2. The molecule has 3 rings (SSSR count). The molecule has 0 aromatic heterocycles. The molecule has 20 heavy (non-hydrogen) atoms. The number of hydrogen-bond acceptors (Lipinski definition) is 2. The van der Waals surface area contributed by atoms with Crippen LogP contribution in [0.15, 0.2) is 28.7 Å². The van der Waals surface area contributed by atoms with Crippen molar-refractivity contribution in [3.05, 3.63) is 34.3 Å². The van der Waals surface area contributed by atoms with Gasteiger partial charge in [-0.3, -0.25) is 0 Å². The van der Waals surface area contributed by atoms with E-state index in [-0.39, 0.29) is 0 Å². The molecule has 1 aliphatic carbocycles. The molecule has 1 saturated heterocycles. The van der Waals surface area contributed by atoms with Gasteiger partial charge in [0.2, 0.25) is 0 Å². The van der Waals surface area contributed by atoms with Crippen LogP contribution in [0.5, 0.6) is 0 Å². The molecule has 1 aliphatic heterocycles. The van der Waals surface area contributed by atoms with Crippen LogP contribution in [0.2, 0.25) is 0 Å². The van der Waals surface area contributed by atoms with E-state index in [1.54, 1.807) is 0 Å². The molecule has 2 fully saturated rings. The lowest BCUT2D eigenvalue weighted by molar-refractivity contribution is 0.271. The summed E-state index contributed by atoms with van der Waals surface area (Å²) in [5.74, 6) is 1.64. The summed E-state index contributed by atoms with van der Waals surface area (Å²) in [5.41, 5.74) is 1.50. The molecule has 0 bridgehead atoms. The Balaban J connectivity index is 1.38. The maximum Gasteiger partial charge on any atom is 0.0178 e. The summed E-state index contributed by atoms with van der Waals surface area (Å²) >= 11 is 3.57. The van der Waals surface area contributed by atoms with Gasteiger partial charge in [-0.25, -0.2) is 0 Å². The van der Waals surface area contributed by atoms with Crippen molar-refractivity contribution in [1.82, 2.24) is 10.2 Å². The molecule has 0 radical (unpaired) electrons. The third kappa shape index (κ3) is 3.44. The van der Waals surface area contributed by atoms with Gasteiger partial charge in [0, 0.05) is 17.1 Å². The molecule has 1 heterocycles. The highest BCUT2D eigenvalue weighted by molar-refractivity contribution is 9.10. The van der Waals surface area contributed by atoms with Gasteiger partial charge in [-0.05, 0) is 68.4 Å². The molecule has 110 valence electrons. The normalized spacial score (nSPS) is 30.4. The second-order valence-corrected chi connectivity index (χ2v) is 7.29. The summed E-state index contributed by atoms with van der Waals surface area (Å²) in [6.45, 7) is 7.29. The van der Waals surface area contributed by atoms with Crippen molar-refractivity contribution in [2.75, 3.05) is 26.2 Å². The quantitative estimate of drug-likeness (QED) is 0.883. The van der Waals surface area contributed by atoms with E-state index in [2.05, 4.69) is 57.3 Å². The minimum atomic E-state index is 0.745. The smallest absolute Gasteiger partial charge is 0.0178 e. The first-order valence-corrected chi connectivity index (χ1v) is 8.75. The average molecular weight is 337 g/mol. The van der Waals surface area contributed by atoms with Crippen LogP contribution in [-0.2, 0) is 0 Å². The highest BCUT2D eigenvalue weighted by Crippen LogP contribution is 2.37. The Morgan fingerprint density at radius 2 is 2.20 bits per heavy atom. The van der Waals surface area contributed by atoms with Crippen molar-refractivity contribution in [1.29, 1.82) is 0 Å². The first-order chi connectivity index (χ1) is 9.74. The summed E-state index contributed by atoms with van der Waals surface area (Å²) in [4.78, 5) is 2.57. The van der Waals surface area contributed by atoms with Gasteiger partial charge in [-0.2, -0.15) is 0 Å². The van der Waals surface area contributed by atoms with E-state index in [1.165, 1.54) is 55.5 Å². The van der Waals surface area contributed by atoms with E-state index in [9.17, 15) is 0 Å². The number of halogens is 1. The molecule has 1 N–H and O–H groups in total. The molecule has 1 unspecified atom stereocenters. The first-order valence-electron chi connectivity index (χ1n) is 7.95. The number of hydrogen-bond donors (Lipinski definition) is 1. The van der Waals surface area contributed by atoms with Gasteiger partial charge in [-0.15, -0.1) is 0 Å². The van der Waals surface area contributed by atoms with Gasteiger partial charge in [-0.1, -0.05) is 35.0 Å². The Hall–Kier alpha value is -0.380. The molecule has 0 spiro atoms. The van der Waals surface area contributed by atoms with Crippen LogP contribution in [-0.4, -0.2) is 37.1 Å². The predicted octanol–water partition coefficient (Wildman–Crippen LogP) is 3.63. The predicted molar refractivity (Wildman–Crippen MR) is 88.1 cm³/mol. The van der Waals surface area contributed by atoms with Crippen molar-refractivity contribution in [3.63, 3.8) is 0 Å². The monoisotopic (exact) mass is 336 g/mol. The Morgan fingerprint density at radius 1 is 1.35 bits per heavy atom. The fraction of sp³-hybridized carbons (Fsp3) is 0.647. The van der Waals surface area contributed by atoms with E-state index < -0.39 is 0 Å². The van der Waals surface area contributed by atoms with Crippen molar-refractivity contribution in [3.8, 4) is 0 Å². The van der Waals surface area contributed by atoms with Gasteiger partial charge >= 0.3 is 0 Å². The lowest BCUT2D eigenvalue weighted by atomic mass is 9.76. The second-order valence-electron chi connectivity index (χ2n) is 6.38. The van der Waals surface area contributed by atoms with E-state index in [4.69, 9.17) is 0 Å². The number of nitrogens with zero attached hydrogens (tertiary/aromatic N) is 1. The first kappa shape index (κ1) is 14.6.